The molecule has 0 aromatic heterocycles. The van der Waals surface area contributed by atoms with Crippen molar-refractivity contribution in [2.24, 2.45) is 0 Å². The van der Waals surface area contributed by atoms with Crippen LogP contribution in [0.1, 0.15) is 27.0 Å². The highest BCUT2D eigenvalue weighted by molar-refractivity contribution is 5.91. The summed E-state index contributed by atoms with van der Waals surface area (Å²) < 4.78 is 4.57. The van der Waals surface area contributed by atoms with Gasteiger partial charge in [-0.15, -0.1) is 0 Å². The lowest BCUT2D eigenvalue weighted by atomic mass is 9.98. The molecule has 0 saturated heterocycles. The first kappa shape index (κ1) is 11.2. The van der Waals surface area contributed by atoms with Crippen LogP contribution in [0.3, 0.4) is 0 Å². The molecule has 0 radical (unpaired) electrons. The number of aliphatic hydroxyl groups excluding tert-OH is 1. The molecular weight excluding hydrogens is 194 g/mol. The second-order valence-electron chi connectivity index (χ2n) is 3.03. The van der Waals surface area contributed by atoms with Crippen molar-refractivity contribution in [3.8, 4) is 6.07 Å². The van der Waals surface area contributed by atoms with Gasteiger partial charge in [-0.05, 0) is 30.2 Å². The van der Waals surface area contributed by atoms with Crippen LogP contribution >= 0.6 is 0 Å². The Morgan fingerprint density at radius 3 is 2.73 bits per heavy atom. The highest BCUT2D eigenvalue weighted by Crippen LogP contribution is 2.19. The van der Waals surface area contributed by atoms with E-state index in [-0.39, 0.29) is 6.61 Å². The summed E-state index contributed by atoms with van der Waals surface area (Å²) in [6, 6.07) is 5.02. The molecule has 0 spiro atoms. The van der Waals surface area contributed by atoms with E-state index in [0.29, 0.717) is 22.3 Å². The molecule has 0 saturated carbocycles. The molecular formula is C11H11NO3. The zero-order valence-electron chi connectivity index (χ0n) is 8.57. The van der Waals surface area contributed by atoms with E-state index in [1.165, 1.54) is 13.2 Å². The van der Waals surface area contributed by atoms with Gasteiger partial charge in [0.25, 0.3) is 0 Å². The van der Waals surface area contributed by atoms with Gasteiger partial charge in [0, 0.05) is 0 Å². The van der Waals surface area contributed by atoms with Crippen LogP contribution in [-0.2, 0) is 11.3 Å². The van der Waals surface area contributed by atoms with Crippen LogP contribution in [-0.4, -0.2) is 18.2 Å². The average Bonchev–Trinajstić information content (AvgIpc) is 2.27. The summed E-state index contributed by atoms with van der Waals surface area (Å²) in [5.41, 5.74) is 1.81. The number of nitriles is 1. The van der Waals surface area contributed by atoms with Gasteiger partial charge in [-0.1, -0.05) is 0 Å². The summed E-state index contributed by atoms with van der Waals surface area (Å²) in [5.74, 6) is -0.508. The van der Waals surface area contributed by atoms with Crippen LogP contribution in [0.15, 0.2) is 12.1 Å². The number of aliphatic hydroxyl groups is 1. The van der Waals surface area contributed by atoms with E-state index in [1.807, 2.05) is 6.07 Å². The molecule has 0 unspecified atom stereocenters. The summed E-state index contributed by atoms with van der Waals surface area (Å²) in [5, 5.41) is 17.9. The second-order valence-corrected chi connectivity index (χ2v) is 3.03. The van der Waals surface area contributed by atoms with Crippen molar-refractivity contribution in [2.45, 2.75) is 13.5 Å². The lowest BCUT2D eigenvalue weighted by Gasteiger charge is -2.09. The van der Waals surface area contributed by atoms with E-state index >= 15 is 0 Å². The first-order valence-corrected chi connectivity index (χ1v) is 4.37. The van der Waals surface area contributed by atoms with E-state index in [4.69, 9.17) is 10.4 Å². The zero-order chi connectivity index (χ0) is 11.4. The van der Waals surface area contributed by atoms with E-state index in [1.54, 1.807) is 13.0 Å². The molecule has 0 heterocycles. The van der Waals surface area contributed by atoms with Gasteiger partial charge in [0.1, 0.15) is 0 Å². The molecule has 1 aromatic rings. The van der Waals surface area contributed by atoms with Gasteiger partial charge in [0.15, 0.2) is 0 Å². The quantitative estimate of drug-likeness (QED) is 0.735. The van der Waals surface area contributed by atoms with Gasteiger partial charge in [0.2, 0.25) is 0 Å². The summed E-state index contributed by atoms with van der Waals surface area (Å²) in [6.45, 7) is 1.41. The second kappa shape index (κ2) is 4.58. The Kier molecular flexibility index (Phi) is 3.42. The maximum absolute atomic E-state index is 11.3. The molecule has 0 amide bonds. The molecule has 1 rings (SSSR count). The van der Waals surface area contributed by atoms with Crippen LogP contribution in [0, 0.1) is 18.3 Å². The molecule has 0 aliphatic rings. The number of rotatable bonds is 2. The lowest BCUT2D eigenvalue weighted by molar-refractivity contribution is 0.0597. The molecule has 78 valence electrons. The van der Waals surface area contributed by atoms with Crippen LogP contribution in [0.4, 0.5) is 0 Å². The third-order valence-corrected chi connectivity index (χ3v) is 2.28. The predicted molar refractivity (Wildman–Crippen MR) is 53.2 cm³/mol. The smallest absolute Gasteiger partial charge is 0.338 e. The normalized spacial score (nSPS) is 9.47. The zero-order valence-corrected chi connectivity index (χ0v) is 8.57. The van der Waals surface area contributed by atoms with Crippen molar-refractivity contribution < 1.29 is 14.6 Å². The number of ether oxygens (including phenoxy) is 1. The Bertz CT molecular complexity index is 432. The van der Waals surface area contributed by atoms with Crippen LogP contribution in [0.25, 0.3) is 0 Å². The number of methoxy groups -OCH3 is 1. The SMILES string of the molecule is COC(=O)c1ccc(C#N)c(C)c1CO. The molecule has 0 fully saturated rings. The monoisotopic (exact) mass is 205 g/mol. The molecule has 0 bridgehead atoms. The van der Waals surface area contributed by atoms with Crippen molar-refractivity contribution in [2.75, 3.05) is 7.11 Å². The van der Waals surface area contributed by atoms with E-state index in [2.05, 4.69) is 4.74 Å². The Morgan fingerprint density at radius 1 is 1.60 bits per heavy atom. The summed E-state index contributed by atoms with van der Waals surface area (Å²) in [7, 11) is 1.27. The van der Waals surface area contributed by atoms with Crippen LogP contribution < -0.4 is 0 Å². The fourth-order valence-corrected chi connectivity index (χ4v) is 1.38. The fourth-order valence-electron chi connectivity index (χ4n) is 1.38. The number of carbonyl (C=O) groups is 1. The van der Waals surface area contributed by atoms with Crippen molar-refractivity contribution >= 4 is 5.97 Å². The third-order valence-electron chi connectivity index (χ3n) is 2.28. The minimum absolute atomic E-state index is 0.286. The molecule has 4 heteroatoms. The number of nitrogens with zero attached hydrogens (tertiary/aromatic N) is 1. The average molecular weight is 205 g/mol. The van der Waals surface area contributed by atoms with E-state index in [0.717, 1.165) is 0 Å². The Labute approximate surface area is 87.7 Å². The van der Waals surface area contributed by atoms with Crippen LogP contribution in [0.5, 0.6) is 0 Å². The van der Waals surface area contributed by atoms with Crippen molar-refractivity contribution in [3.63, 3.8) is 0 Å². The molecule has 1 N–H and O–H groups in total. The first-order chi connectivity index (χ1) is 7.15. The maximum atomic E-state index is 11.3. The molecule has 4 nitrogen and oxygen atoms in total. The minimum Gasteiger partial charge on any atom is -0.465 e. The Balaban J connectivity index is 3.39. The van der Waals surface area contributed by atoms with Gasteiger partial charge in [0.05, 0.1) is 30.9 Å². The van der Waals surface area contributed by atoms with Gasteiger partial charge in [-0.25, -0.2) is 4.79 Å². The maximum Gasteiger partial charge on any atom is 0.338 e. The standard InChI is InChI=1S/C11H11NO3/c1-7-8(5-12)3-4-9(10(7)6-13)11(14)15-2/h3-4,13H,6H2,1-2H3. The molecule has 15 heavy (non-hydrogen) atoms. The summed E-state index contributed by atoms with van der Waals surface area (Å²) in [6.07, 6.45) is 0. The number of esters is 1. The highest BCUT2D eigenvalue weighted by Gasteiger charge is 2.15. The number of hydrogen-bond donors (Lipinski definition) is 1. The van der Waals surface area contributed by atoms with Crippen molar-refractivity contribution in [3.05, 3.63) is 34.4 Å². The lowest BCUT2D eigenvalue weighted by Crippen LogP contribution is -2.08. The van der Waals surface area contributed by atoms with Crippen LogP contribution in [0.2, 0.25) is 0 Å². The molecule has 0 aliphatic heterocycles. The first-order valence-electron chi connectivity index (χ1n) is 4.37. The van der Waals surface area contributed by atoms with Crippen molar-refractivity contribution in [1.82, 2.24) is 0 Å². The predicted octanol–water partition coefficient (Wildman–Crippen LogP) is 1.15. The van der Waals surface area contributed by atoms with Gasteiger partial charge in [-0.3, -0.25) is 0 Å². The number of benzene rings is 1. The largest absolute Gasteiger partial charge is 0.465 e. The number of hydrogen-bond acceptors (Lipinski definition) is 4. The summed E-state index contributed by atoms with van der Waals surface area (Å²) >= 11 is 0. The third kappa shape index (κ3) is 1.97. The van der Waals surface area contributed by atoms with E-state index < -0.39 is 5.97 Å². The number of carbonyl (C=O) groups excluding carboxylic acids is 1. The highest BCUT2D eigenvalue weighted by atomic mass is 16.5. The molecule has 0 aliphatic carbocycles. The van der Waals surface area contributed by atoms with Gasteiger partial charge in [-0.2, -0.15) is 5.26 Å². The molecule has 1 aromatic carbocycles. The fraction of sp³-hybridized carbons (Fsp3) is 0.273. The Hall–Kier alpha value is -1.86. The van der Waals surface area contributed by atoms with E-state index in [9.17, 15) is 4.79 Å². The van der Waals surface area contributed by atoms with Crippen molar-refractivity contribution in [1.29, 1.82) is 5.26 Å². The molecule has 0 atom stereocenters. The van der Waals surface area contributed by atoms with Gasteiger partial charge < -0.3 is 9.84 Å². The summed E-state index contributed by atoms with van der Waals surface area (Å²) in [4.78, 5) is 11.3. The van der Waals surface area contributed by atoms with Gasteiger partial charge >= 0.3 is 5.97 Å². The topological polar surface area (TPSA) is 70.3 Å². The minimum atomic E-state index is -0.508. The Morgan fingerprint density at radius 2 is 2.27 bits per heavy atom.